The van der Waals surface area contributed by atoms with Crippen molar-refractivity contribution in [2.24, 2.45) is 5.92 Å². The van der Waals surface area contributed by atoms with Gasteiger partial charge in [0.05, 0.1) is 23.5 Å². The van der Waals surface area contributed by atoms with Gasteiger partial charge in [-0.3, -0.25) is 0 Å². The van der Waals surface area contributed by atoms with Crippen LogP contribution in [-0.4, -0.2) is 50.7 Å². The van der Waals surface area contributed by atoms with Crippen LogP contribution in [0.4, 0.5) is 11.4 Å². The highest BCUT2D eigenvalue weighted by molar-refractivity contribution is 5.92. The minimum absolute atomic E-state index is 0.322. The quantitative estimate of drug-likeness (QED) is 0.677. The lowest BCUT2D eigenvalue weighted by atomic mass is 10.1. The van der Waals surface area contributed by atoms with E-state index in [2.05, 4.69) is 30.8 Å². The minimum atomic E-state index is -0.322. The van der Waals surface area contributed by atoms with E-state index >= 15 is 0 Å². The van der Waals surface area contributed by atoms with Crippen LogP contribution in [0.25, 0.3) is 0 Å². The fourth-order valence-electron chi connectivity index (χ4n) is 3.00. The third kappa shape index (κ3) is 3.29. The molecule has 1 saturated heterocycles. The number of likely N-dealkylation sites (N-methyl/N-ethyl adjacent to an activating group) is 1. The maximum Gasteiger partial charge on any atom is 0.338 e. The first-order valence-electron chi connectivity index (χ1n) is 7.42. The van der Waals surface area contributed by atoms with Gasteiger partial charge >= 0.3 is 5.97 Å². The average Bonchev–Trinajstić information content (AvgIpc) is 2.81. The zero-order valence-electron chi connectivity index (χ0n) is 13.3. The van der Waals surface area contributed by atoms with Crippen LogP contribution in [0.15, 0.2) is 18.2 Å². The van der Waals surface area contributed by atoms with Gasteiger partial charge in [0.15, 0.2) is 0 Å². The number of nitrogens with two attached hydrogens (primary N) is 1. The van der Waals surface area contributed by atoms with E-state index in [0.29, 0.717) is 29.8 Å². The van der Waals surface area contributed by atoms with Gasteiger partial charge in [0.25, 0.3) is 0 Å². The van der Waals surface area contributed by atoms with Crippen LogP contribution < -0.4 is 10.6 Å². The molecule has 0 amide bonds. The fraction of sp³-hybridized carbons (Fsp3) is 0.562. The second kappa shape index (κ2) is 6.35. The number of carbonyl (C=O) groups excluding carboxylic acids is 1. The van der Waals surface area contributed by atoms with Crippen molar-refractivity contribution in [2.45, 2.75) is 19.9 Å². The summed E-state index contributed by atoms with van der Waals surface area (Å²) in [5.74, 6) is 0.265. The monoisotopic (exact) mass is 291 g/mol. The predicted molar refractivity (Wildman–Crippen MR) is 85.7 cm³/mol. The molecule has 1 aliphatic heterocycles. The largest absolute Gasteiger partial charge is 0.462 e. The van der Waals surface area contributed by atoms with E-state index in [0.717, 1.165) is 18.8 Å². The molecule has 2 atom stereocenters. The maximum atomic E-state index is 11.7. The van der Waals surface area contributed by atoms with Crippen molar-refractivity contribution in [3.8, 4) is 0 Å². The average molecular weight is 291 g/mol. The number of ether oxygens (including phenoxy) is 1. The van der Waals surface area contributed by atoms with Crippen molar-refractivity contribution in [1.82, 2.24) is 4.90 Å². The third-order valence-corrected chi connectivity index (χ3v) is 4.12. The van der Waals surface area contributed by atoms with Gasteiger partial charge in [-0.25, -0.2) is 4.79 Å². The molecular formula is C16H25N3O2. The summed E-state index contributed by atoms with van der Waals surface area (Å²) in [7, 11) is 4.22. The molecule has 0 radical (unpaired) electrons. The van der Waals surface area contributed by atoms with Crippen LogP contribution in [0, 0.1) is 5.92 Å². The Morgan fingerprint density at radius 2 is 2.14 bits per heavy atom. The standard InChI is InChI=1S/C16H25N3O2/c1-5-21-16(20)12-6-7-14(13(17)8-12)19-9-11(2)15(10-19)18(3)4/h6-8,11,15H,5,9-10,17H2,1-4H3. The Balaban J connectivity index is 2.17. The number of nitrogens with zero attached hydrogens (tertiary/aromatic N) is 2. The van der Waals surface area contributed by atoms with E-state index in [9.17, 15) is 4.79 Å². The molecule has 116 valence electrons. The van der Waals surface area contributed by atoms with E-state index in [1.54, 1.807) is 19.1 Å². The number of anilines is 2. The minimum Gasteiger partial charge on any atom is -0.462 e. The zero-order valence-corrected chi connectivity index (χ0v) is 13.3. The summed E-state index contributed by atoms with van der Waals surface area (Å²) in [6.07, 6.45) is 0. The number of hydrogen-bond donors (Lipinski definition) is 1. The lowest BCUT2D eigenvalue weighted by molar-refractivity contribution is 0.0526. The topological polar surface area (TPSA) is 58.8 Å². The lowest BCUT2D eigenvalue weighted by Gasteiger charge is -2.23. The normalized spacial score (nSPS) is 21.9. The first-order valence-corrected chi connectivity index (χ1v) is 7.42. The van der Waals surface area contributed by atoms with E-state index in [1.165, 1.54) is 0 Å². The summed E-state index contributed by atoms with van der Waals surface area (Å²) in [5.41, 5.74) is 8.28. The van der Waals surface area contributed by atoms with Crippen LogP contribution in [0.5, 0.6) is 0 Å². The second-order valence-corrected chi connectivity index (χ2v) is 5.91. The Morgan fingerprint density at radius 1 is 1.43 bits per heavy atom. The van der Waals surface area contributed by atoms with Crippen LogP contribution in [0.2, 0.25) is 0 Å². The SMILES string of the molecule is CCOC(=O)c1ccc(N2CC(C)C(N(C)C)C2)c(N)c1. The van der Waals surface area contributed by atoms with Gasteiger partial charge < -0.3 is 20.3 Å². The number of esters is 1. The fourth-order valence-corrected chi connectivity index (χ4v) is 3.00. The first-order chi connectivity index (χ1) is 9.93. The van der Waals surface area contributed by atoms with Gasteiger partial charge in [-0.05, 0) is 45.1 Å². The molecule has 5 heteroatoms. The first kappa shape index (κ1) is 15.6. The van der Waals surface area contributed by atoms with Crippen LogP contribution >= 0.6 is 0 Å². The molecular weight excluding hydrogens is 266 g/mol. The van der Waals surface area contributed by atoms with Crippen molar-refractivity contribution < 1.29 is 9.53 Å². The highest BCUT2D eigenvalue weighted by Gasteiger charge is 2.31. The van der Waals surface area contributed by atoms with Gasteiger partial charge in [0.2, 0.25) is 0 Å². The summed E-state index contributed by atoms with van der Waals surface area (Å²) in [5, 5.41) is 0. The summed E-state index contributed by atoms with van der Waals surface area (Å²) >= 11 is 0. The molecule has 0 saturated carbocycles. The second-order valence-electron chi connectivity index (χ2n) is 5.91. The molecule has 1 fully saturated rings. The molecule has 1 aromatic rings. The molecule has 0 bridgehead atoms. The van der Waals surface area contributed by atoms with E-state index < -0.39 is 0 Å². The smallest absolute Gasteiger partial charge is 0.338 e. The van der Waals surface area contributed by atoms with E-state index in [4.69, 9.17) is 10.5 Å². The van der Waals surface area contributed by atoms with E-state index in [-0.39, 0.29) is 5.97 Å². The highest BCUT2D eigenvalue weighted by Crippen LogP contribution is 2.31. The summed E-state index contributed by atoms with van der Waals surface area (Å²) in [4.78, 5) is 16.3. The number of benzene rings is 1. The molecule has 21 heavy (non-hydrogen) atoms. The summed E-state index contributed by atoms with van der Waals surface area (Å²) in [6, 6.07) is 5.94. The molecule has 0 spiro atoms. The number of hydrogen-bond acceptors (Lipinski definition) is 5. The number of rotatable bonds is 4. The number of nitrogen functional groups attached to an aromatic ring is 1. The number of carbonyl (C=O) groups is 1. The molecule has 0 aromatic heterocycles. The molecule has 1 aliphatic rings. The Morgan fingerprint density at radius 3 is 2.67 bits per heavy atom. The van der Waals surface area contributed by atoms with Crippen molar-refractivity contribution in [2.75, 3.05) is 44.4 Å². The van der Waals surface area contributed by atoms with Crippen LogP contribution in [0.1, 0.15) is 24.2 Å². The maximum absolute atomic E-state index is 11.7. The zero-order chi connectivity index (χ0) is 15.6. The molecule has 1 aromatic carbocycles. The molecule has 2 N–H and O–H groups in total. The van der Waals surface area contributed by atoms with Crippen LogP contribution in [0.3, 0.4) is 0 Å². The van der Waals surface area contributed by atoms with Gasteiger partial charge in [-0.1, -0.05) is 6.92 Å². The Bertz CT molecular complexity index is 516. The van der Waals surface area contributed by atoms with Gasteiger partial charge in [0.1, 0.15) is 0 Å². The lowest BCUT2D eigenvalue weighted by Crippen LogP contribution is -2.34. The van der Waals surface area contributed by atoms with Crippen molar-refractivity contribution >= 4 is 17.3 Å². The van der Waals surface area contributed by atoms with E-state index in [1.807, 2.05) is 6.07 Å². The summed E-state index contributed by atoms with van der Waals surface area (Å²) in [6.45, 7) is 6.36. The Hall–Kier alpha value is -1.75. The highest BCUT2D eigenvalue weighted by atomic mass is 16.5. The predicted octanol–water partition coefficient (Wildman–Crippen LogP) is 1.83. The Labute approximate surface area is 126 Å². The molecule has 1 heterocycles. The molecule has 2 unspecified atom stereocenters. The molecule has 2 rings (SSSR count). The van der Waals surface area contributed by atoms with Crippen molar-refractivity contribution in [1.29, 1.82) is 0 Å². The Kier molecular flexibility index (Phi) is 4.73. The molecule has 5 nitrogen and oxygen atoms in total. The third-order valence-electron chi connectivity index (χ3n) is 4.12. The van der Waals surface area contributed by atoms with Crippen molar-refractivity contribution in [3.05, 3.63) is 23.8 Å². The molecule has 0 aliphatic carbocycles. The summed E-state index contributed by atoms with van der Waals surface area (Å²) < 4.78 is 5.00. The van der Waals surface area contributed by atoms with Gasteiger partial charge in [-0.15, -0.1) is 0 Å². The van der Waals surface area contributed by atoms with Crippen molar-refractivity contribution in [3.63, 3.8) is 0 Å². The van der Waals surface area contributed by atoms with Gasteiger partial charge in [0, 0.05) is 19.1 Å². The van der Waals surface area contributed by atoms with Gasteiger partial charge in [-0.2, -0.15) is 0 Å². The van der Waals surface area contributed by atoms with Crippen LogP contribution in [-0.2, 0) is 4.74 Å².